The molecule has 21 heavy (non-hydrogen) atoms. The number of pyridine rings is 1. The second-order valence-electron chi connectivity index (χ2n) is 4.67. The van der Waals surface area contributed by atoms with Crippen molar-refractivity contribution in [3.63, 3.8) is 0 Å². The molecule has 1 aromatic heterocycles. The van der Waals surface area contributed by atoms with E-state index in [1.165, 1.54) is 4.31 Å². The van der Waals surface area contributed by atoms with Crippen LogP contribution >= 0.6 is 0 Å². The maximum Gasteiger partial charge on any atom is 0.363 e. The summed E-state index contributed by atoms with van der Waals surface area (Å²) < 4.78 is 31.5. The summed E-state index contributed by atoms with van der Waals surface area (Å²) in [5, 5.41) is 19.6. The number of aromatic nitrogens is 1. The van der Waals surface area contributed by atoms with Crippen molar-refractivity contribution in [3.8, 4) is 0 Å². The van der Waals surface area contributed by atoms with E-state index in [-0.39, 0.29) is 24.7 Å². The summed E-state index contributed by atoms with van der Waals surface area (Å²) in [6.07, 6.45) is 0.380. The Labute approximate surface area is 121 Å². The third-order valence-corrected chi connectivity index (χ3v) is 5.13. The first-order valence-electron chi connectivity index (χ1n) is 6.21. The molecule has 0 spiro atoms. The zero-order chi connectivity index (χ0) is 15.6. The van der Waals surface area contributed by atoms with Crippen LogP contribution in [0, 0.1) is 10.1 Å². The van der Waals surface area contributed by atoms with Crippen molar-refractivity contribution in [2.45, 2.75) is 24.0 Å². The molecular formula is C11H15N3O6S. The van der Waals surface area contributed by atoms with E-state index in [1.54, 1.807) is 6.92 Å². The van der Waals surface area contributed by atoms with E-state index >= 15 is 0 Å². The van der Waals surface area contributed by atoms with E-state index in [1.807, 2.05) is 0 Å². The monoisotopic (exact) mass is 317 g/mol. The third kappa shape index (κ3) is 3.18. The van der Waals surface area contributed by atoms with Gasteiger partial charge in [0.1, 0.15) is 4.90 Å². The van der Waals surface area contributed by atoms with Gasteiger partial charge < -0.3 is 20.0 Å². The maximum atomic E-state index is 12.5. The van der Waals surface area contributed by atoms with Crippen LogP contribution in [0.15, 0.2) is 23.2 Å². The highest BCUT2D eigenvalue weighted by Crippen LogP contribution is 2.23. The average Bonchev–Trinajstić information content (AvgIpc) is 2.47. The van der Waals surface area contributed by atoms with Crippen LogP contribution in [0.5, 0.6) is 0 Å². The number of hydrogen-bond acceptors (Lipinski definition) is 7. The molecule has 1 aromatic rings. The second kappa shape index (κ2) is 6.02. The molecule has 2 heterocycles. The lowest BCUT2D eigenvalue weighted by Crippen LogP contribution is -2.51. The Morgan fingerprint density at radius 2 is 2.29 bits per heavy atom. The Morgan fingerprint density at radius 3 is 2.81 bits per heavy atom. The van der Waals surface area contributed by atoms with Gasteiger partial charge in [-0.05, 0) is 22.9 Å². The quantitative estimate of drug-likeness (QED) is 0.600. The van der Waals surface area contributed by atoms with Gasteiger partial charge in [0.25, 0.3) is 0 Å². The number of rotatable bonds is 4. The highest BCUT2D eigenvalue weighted by molar-refractivity contribution is 7.89. The molecule has 10 heteroatoms. The Balaban J connectivity index is 2.29. The molecule has 1 N–H and O–H groups in total. The first-order chi connectivity index (χ1) is 9.86. The number of nitrogens with zero attached hydrogens (tertiary/aromatic N) is 3. The molecule has 2 rings (SSSR count). The van der Waals surface area contributed by atoms with Crippen LogP contribution in [0.1, 0.15) is 6.92 Å². The van der Waals surface area contributed by atoms with Gasteiger partial charge in [0, 0.05) is 18.7 Å². The van der Waals surface area contributed by atoms with Crippen LogP contribution in [0.2, 0.25) is 0 Å². The van der Waals surface area contributed by atoms with Gasteiger partial charge >= 0.3 is 5.82 Å². The number of morpholine rings is 1. The highest BCUT2D eigenvalue weighted by atomic mass is 32.2. The average molecular weight is 317 g/mol. The molecule has 2 atom stereocenters. The predicted molar refractivity (Wildman–Crippen MR) is 71.1 cm³/mol. The standard InChI is InChI=1S/C11H15N3O6S/c1-8-7-20-9(6-15)5-13(8)21(18,19)10-2-3-11(12-4-10)14(16)17/h2-4,8-9,15H,5-7H2,1H3. The Kier molecular flexibility index (Phi) is 4.52. The molecule has 1 fully saturated rings. The molecule has 2 unspecified atom stereocenters. The van der Waals surface area contributed by atoms with E-state index in [4.69, 9.17) is 9.84 Å². The van der Waals surface area contributed by atoms with Gasteiger partial charge in [0.05, 0.1) is 19.3 Å². The van der Waals surface area contributed by atoms with Crippen molar-refractivity contribution < 1.29 is 23.2 Å². The molecule has 0 aromatic carbocycles. The van der Waals surface area contributed by atoms with Crippen molar-refractivity contribution in [2.75, 3.05) is 19.8 Å². The van der Waals surface area contributed by atoms with Crippen molar-refractivity contribution in [1.82, 2.24) is 9.29 Å². The van der Waals surface area contributed by atoms with Crippen LogP contribution in [0.4, 0.5) is 5.82 Å². The molecule has 1 aliphatic rings. The maximum absolute atomic E-state index is 12.5. The number of hydrogen-bond donors (Lipinski definition) is 1. The lowest BCUT2D eigenvalue weighted by atomic mass is 10.2. The molecule has 1 aliphatic heterocycles. The third-order valence-electron chi connectivity index (χ3n) is 3.17. The van der Waals surface area contributed by atoms with Crippen LogP contribution in [0.25, 0.3) is 0 Å². The smallest absolute Gasteiger partial charge is 0.363 e. The molecule has 0 saturated carbocycles. The summed E-state index contributed by atoms with van der Waals surface area (Å²) in [7, 11) is -3.84. The van der Waals surface area contributed by atoms with E-state index < -0.39 is 32.9 Å². The Hall–Kier alpha value is -1.62. The van der Waals surface area contributed by atoms with Crippen LogP contribution < -0.4 is 0 Å². The van der Waals surface area contributed by atoms with Crippen molar-refractivity contribution in [3.05, 3.63) is 28.4 Å². The van der Waals surface area contributed by atoms with Gasteiger partial charge in [0.2, 0.25) is 10.0 Å². The predicted octanol–water partition coefficient (Wildman–Crippen LogP) is -0.240. The molecule has 1 saturated heterocycles. The summed E-state index contributed by atoms with van der Waals surface area (Å²) >= 11 is 0. The van der Waals surface area contributed by atoms with Crippen molar-refractivity contribution in [2.24, 2.45) is 0 Å². The molecule has 0 amide bonds. The molecule has 9 nitrogen and oxygen atoms in total. The van der Waals surface area contributed by atoms with Gasteiger partial charge in [-0.2, -0.15) is 4.31 Å². The first kappa shape index (κ1) is 15.8. The minimum atomic E-state index is -3.84. The highest BCUT2D eigenvalue weighted by Gasteiger charge is 2.36. The summed E-state index contributed by atoms with van der Waals surface area (Å²) in [4.78, 5) is 13.2. The summed E-state index contributed by atoms with van der Waals surface area (Å²) in [6.45, 7) is 1.60. The van der Waals surface area contributed by atoms with E-state index in [0.717, 1.165) is 18.3 Å². The molecular weight excluding hydrogens is 302 g/mol. The lowest BCUT2D eigenvalue weighted by Gasteiger charge is -2.36. The van der Waals surface area contributed by atoms with E-state index in [2.05, 4.69) is 4.98 Å². The van der Waals surface area contributed by atoms with Crippen LogP contribution in [-0.2, 0) is 14.8 Å². The minimum absolute atomic E-state index is 0.0248. The Bertz CT molecular complexity index is 617. The SMILES string of the molecule is CC1COC(CO)CN1S(=O)(=O)c1ccc([N+](=O)[O-])nc1. The summed E-state index contributed by atoms with van der Waals surface area (Å²) in [5.74, 6) is -0.419. The van der Waals surface area contributed by atoms with Crippen molar-refractivity contribution >= 4 is 15.8 Å². The minimum Gasteiger partial charge on any atom is -0.394 e. The van der Waals surface area contributed by atoms with Gasteiger partial charge in [-0.3, -0.25) is 0 Å². The molecule has 0 aliphatic carbocycles. The number of ether oxygens (including phenoxy) is 1. The van der Waals surface area contributed by atoms with Crippen LogP contribution in [-0.4, -0.2) is 59.6 Å². The largest absolute Gasteiger partial charge is 0.394 e. The second-order valence-corrected chi connectivity index (χ2v) is 6.56. The van der Waals surface area contributed by atoms with Crippen LogP contribution in [0.3, 0.4) is 0 Å². The van der Waals surface area contributed by atoms with E-state index in [0.29, 0.717) is 0 Å². The summed E-state index contributed by atoms with van der Waals surface area (Å²) in [6, 6.07) is 1.80. The summed E-state index contributed by atoms with van der Waals surface area (Å²) in [5.41, 5.74) is 0. The molecule has 0 radical (unpaired) electrons. The number of nitro groups is 1. The molecule has 116 valence electrons. The number of aliphatic hydroxyl groups excluding tert-OH is 1. The number of aliphatic hydroxyl groups is 1. The fourth-order valence-electron chi connectivity index (χ4n) is 2.01. The first-order valence-corrected chi connectivity index (χ1v) is 7.65. The van der Waals surface area contributed by atoms with Crippen molar-refractivity contribution in [1.29, 1.82) is 0 Å². The van der Waals surface area contributed by atoms with Gasteiger partial charge in [-0.1, -0.05) is 0 Å². The fourth-order valence-corrected chi connectivity index (χ4v) is 3.60. The van der Waals surface area contributed by atoms with Gasteiger partial charge in [0.15, 0.2) is 6.20 Å². The Morgan fingerprint density at radius 1 is 1.57 bits per heavy atom. The normalized spacial score (nSPS) is 23.9. The zero-order valence-corrected chi connectivity index (χ0v) is 12.1. The van der Waals surface area contributed by atoms with Gasteiger partial charge in [-0.15, -0.1) is 0 Å². The van der Waals surface area contributed by atoms with E-state index in [9.17, 15) is 18.5 Å². The fraction of sp³-hybridized carbons (Fsp3) is 0.545. The lowest BCUT2D eigenvalue weighted by molar-refractivity contribution is -0.389. The zero-order valence-electron chi connectivity index (χ0n) is 11.2. The molecule has 0 bridgehead atoms. The topological polar surface area (TPSA) is 123 Å². The van der Waals surface area contributed by atoms with Gasteiger partial charge in [-0.25, -0.2) is 8.42 Å². The number of sulfonamides is 1.